The summed E-state index contributed by atoms with van der Waals surface area (Å²) in [6.07, 6.45) is 4.35. The van der Waals surface area contributed by atoms with E-state index in [0.717, 1.165) is 5.56 Å². The van der Waals surface area contributed by atoms with Crippen LogP contribution in [0.1, 0.15) is 18.9 Å². The number of nitrogens with zero attached hydrogens (tertiary/aromatic N) is 3. The van der Waals surface area contributed by atoms with Crippen LogP contribution < -0.4 is 0 Å². The Kier molecular flexibility index (Phi) is 5.30. The van der Waals surface area contributed by atoms with Gasteiger partial charge in [-0.3, -0.25) is 9.78 Å². The van der Waals surface area contributed by atoms with Gasteiger partial charge >= 0.3 is 0 Å². The van der Waals surface area contributed by atoms with Crippen LogP contribution >= 0.6 is 0 Å². The molecule has 6 nitrogen and oxygen atoms in total. The minimum absolute atomic E-state index is 0.0266. The summed E-state index contributed by atoms with van der Waals surface area (Å²) in [5, 5.41) is 0. The fraction of sp³-hybridized carbons (Fsp3) is 0.571. The lowest BCUT2D eigenvalue weighted by Crippen LogP contribution is -2.38. The minimum atomic E-state index is -3.17. The van der Waals surface area contributed by atoms with Crippen LogP contribution in [0.2, 0.25) is 0 Å². The van der Waals surface area contributed by atoms with Gasteiger partial charge in [0.05, 0.1) is 12.2 Å². The fourth-order valence-electron chi connectivity index (χ4n) is 2.39. The molecule has 1 amide bonds. The second-order valence-electron chi connectivity index (χ2n) is 5.07. The number of amides is 1. The predicted octanol–water partition coefficient (Wildman–Crippen LogP) is 0.508. The summed E-state index contributed by atoms with van der Waals surface area (Å²) in [5.41, 5.74) is 0.879. The Bertz CT molecular complexity index is 574. The summed E-state index contributed by atoms with van der Waals surface area (Å²) < 4.78 is 25.3. The van der Waals surface area contributed by atoms with E-state index in [0.29, 0.717) is 39.0 Å². The number of aromatic nitrogens is 1. The average molecular weight is 311 g/mol. The highest BCUT2D eigenvalue weighted by Gasteiger charge is 2.25. The molecule has 0 aliphatic carbocycles. The van der Waals surface area contributed by atoms with Crippen LogP contribution in [-0.4, -0.2) is 60.4 Å². The maximum absolute atomic E-state index is 12.3. The molecule has 2 heterocycles. The third-order valence-corrected chi connectivity index (χ3v) is 5.53. The first-order valence-corrected chi connectivity index (χ1v) is 8.78. The van der Waals surface area contributed by atoms with E-state index in [1.54, 1.807) is 30.3 Å². The van der Waals surface area contributed by atoms with Gasteiger partial charge in [-0.15, -0.1) is 0 Å². The molecule has 0 saturated carbocycles. The topological polar surface area (TPSA) is 70.6 Å². The van der Waals surface area contributed by atoms with Gasteiger partial charge < -0.3 is 4.90 Å². The Morgan fingerprint density at radius 3 is 2.76 bits per heavy atom. The maximum atomic E-state index is 12.3. The Morgan fingerprint density at radius 2 is 2.10 bits per heavy atom. The Balaban J connectivity index is 1.95. The van der Waals surface area contributed by atoms with Crippen molar-refractivity contribution in [3.05, 3.63) is 30.1 Å². The molecule has 1 fully saturated rings. The molecule has 1 aliphatic heterocycles. The van der Waals surface area contributed by atoms with Crippen molar-refractivity contribution in [2.24, 2.45) is 0 Å². The van der Waals surface area contributed by atoms with Crippen LogP contribution in [0.5, 0.6) is 0 Å². The lowest BCUT2D eigenvalue weighted by molar-refractivity contribution is -0.130. The molecule has 2 rings (SSSR count). The molecule has 116 valence electrons. The smallest absolute Gasteiger partial charge is 0.227 e. The molecule has 1 aromatic heterocycles. The molecule has 7 heteroatoms. The average Bonchev–Trinajstić information content (AvgIpc) is 2.75. The van der Waals surface area contributed by atoms with Crippen LogP contribution in [0.25, 0.3) is 0 Å². The van der Waals surface area contributed by atoms with Gasteiger partial charge in [0.2, 0.25) is 15.9 Å². The molecule has 0 unspecified atom stereocenters. The fourth-order valence-corrected chi connectivity index (χ4v) is 3.53. The third-order valence-electron chi connectivity index (χ3n) is 3.64. The number of carbonyl (C=O) groups is 1. The highest BCUT2D eigenvalue weighted by molar-refractivity contribution is 7.89. The zero-order valence-electron chi connectivity index (χ0n) is 12.2. The Morgan fingerprint density at radius 1 is 1.29 bits per heavy atom. The Labute approximate surface area is 125 Å². The summed E-state index contributed by atoms with van der Waals surface area (Å²) in [6.45, 7) is 3.58. The van der Waals surface area contributed by atoms with Gasteiger partial charge in [-0.05, 0) is 25.0 Å². The highest BCUT2D eigenvalue weighted by Crippen LogP contribution is 2.10. The van der Waals surface area contributed by atoms with Crippen LogP contribution in [0.4, 0.5) is 0 Å². The summed E-state index contributed by atoms with van der Waals surface area (Å²) in [6, 6.07) is 3.68. The normalized spacial score (nSPS) is 17.5. The number of carbonyl (C=O) groups excluding carboxylic acids is 1. The molecule has 0 aromatic carbocycles. The van der Waals surface area contributed by atoms with Gasteiger partial charge in [0, 0.05) is 38.6 Å². The van der Waals surface area contributed by atoms with E-state index < -0.39 is 10.0 Å². The van der Waals surface area contributed by atoms with E-state index in [4.69, 9.17) is 0 Å². The van der Waals surface area contributed by atoms with Gasteiger partial charge in [-0.2, -0.15) is 0 Å². The van der Waals surface area contributed by atoms with Gasteiger partial charge in [-0.1, -0.05) is 6.07 Å². The van der Waals surface area contributed by atoms with Crippen molar-refractivity contribution in [2.75, 3.05) is 31.9 Å². The molecule has 0 N–H and O–H groups in total. The number of hydrogen-bond acceptors (Lipinski definition) is 4. The summed E-state index contributed by atoms with van der Waals surface area (Å²) >= 11 is 0. The summed E-state index contributed by atoms with van der Waals surface area (Å²) in [5.74, 6) is 0.134. The van der Waals surface area contributed by atoms with Crippen molar-refractivity contribution in [3.63, 3.8) is 0 Å². The van der Waals surface area contributed by atoms with Crippen LogP contribution in [0.3, 0.4) is 0 Å². The van der Waals surface area contributed by atoms with Crippen molar-refractivity contribution in [2.45, 2.75) is 19.8 Å². The van der Waals surface area contributed by atoms with Crippen LogP contribution in [0.15, 0.2) is 24.5 Å². The van der Waals surface area contributed by atoms with E-state index in [1.165, 1.54) is 4.31 Å². The molecular weight excluding hydrogens is 290 g/mol. The van der Waals surface area contributed by atoms with Gasteiger partial charge in [0.25, 0.3) is 0 Å². The monoisotopic (exact) mass is 311 g/mol. The second-order valence-corrected chi connectivity index (χ2v) is 7.33. The largest absolute Gasteiger partial charge is 0.341 e. The first-order valence-electron chi connectivity index (χ1n) is 7.17. The predicted molar refractivity (Wildman–Crippen MR) is 80.2 cm³/mol. The number of pyridine rings is 1. The first-order chi connectivity index (χ1) is 10.0. The highest BCUT2D eigenvalue weighted by atomic mass is 32.2. The second kappa shape index (κ2) is 7.00. The molecule has 21 heavy (non-hydrogen) atoms. The van der Waals surface area contributed by atoms with Gasteiger partial charge in [0.1, 0.15) is 0 Å². The lowest BCUT2D eigenvalue weighted by atomic mass is 10.2. The standard InChI is InChI=1S/C14H21N3O3S/c1-2-21(19,20)17-8-4-7-16(9-10-17)14(18)11-13-5-3-6-15-12-13/h3,5-6,12H,2,4,7-11H2,1H3. The van der Waals surface area contributed by atoms with E-state index in [1.807, 2.05) is 6.07 Å². The van der Waals surface area contributed by atoms with Gasteiger partial charge in [0.15, 0.2) is 0 Å². The third kappa shape index (κ3) is 4.25. The molecule has 1 aromatic rings. The number of hydrogen-bond donors (Lipinski definition) is 0. The van der Waals surface area contributed by atoms with Crippen molar-refractivity contribution >= 4 is 15.9 Å². The van der Waals surface area contributed by atoms with E-state index in [-0.39, 0.29) is 11.7 Å². The van der Waals surface area contributed by atoms with Crippen molar-refractivity contribution in [1.82, 2.24) is 14.2 Å². The first kappa shape index (κ1) is 15.9. The van der Waals surface area contributed by atoms with E-state index in [9.17, 15) is 13.2 Å². The zero-order valence-corrected chi connectivity index (χ0v) is 13.1. The molecule has 0 radical (unpaired) electrons. The molecule has 0 bridgehead atoms. The summed E-state index contributed by atoms with van der Waals surface area (Å²) in [7, 11) is -3.17. The molecule has 1 saturated heterocycles. The maximum Gasteiger partial charge on any atom is 0.227 e. The number of rotatable bonds is 4. The van der Waals surface area contributed by atoms with Crippen LogP contribution in [0, 0.1) is 0 Å². The Hall–Kier alpha value is -1.47. The number of sulfonamides is 1. The van der Waals surface area contributed by atoms with E-state index in [2.05, 4.69) is 4.98 Å². The quantitative estimate of drug-likeness (QED) is 0.812. The van der Waals surface area contributed by atoms with Crippen LogP contribution in [-0.2, 0) is 21.2 Å². The zero-order chi connectivity index (χ0) is 15.3. The summed E-state index contributed by atoms with van der Waals surface area (Å²) in [4.78, 5) is 18.0. The molecular formula is C14H21N3O3S. The molecule has 1 aliphatic rings. The SMILES string of the molecule is CCS(=O)(=O)N1CCCN(C(=O)Cc2cccnc2)CC1. The minimum Gasteiger partial charge on any atom is -0.341 e. The van der Waals surface area contributed by atoms with Gasteiger partial charge in [-0.25, -0.2) is 12.7 Å². The molecule has 0 spiro atoms. The van der Waals surface area contributed by atoms with Crippen molar-refractivity contribution < 1.29 is 13.2 Å². The van der Waals surface area contributed by atoms with E-state index >= 15 is 0 Å². The lowest BCUT2D eigenvalue weighted by Gasteiger charge is -2.21. The molecule has 0 atom stereocenters. The van der Waals surface area contributed by atoms with Crippen molar-refractivity contribution in [1.29, 1.82) is 0 Å². The van der Waals surface area contributed by atoms with Crippen molar-refractivity contribution in [3.8, 4) is 0 Å².